The predicted octanol–water partition coefficient (Wildman–Crippen LogP) is 1.40. The Balaban J connectivity index is 2.32. The fourth-order valence-electron chi connectivity index (χ4n) is 1.58. The maximum atomic E-state index is 11.9. The van der Waals surface area contributed by atoms with E-state index in [1.54, 1.807) is 27.7 Å². The predicted molar refractivity (Wildman–Crippen MR) is 86.3 cm³/mol. The van der Waals surface area contributed by atoms with Crippen LogP contribution in [0.2, 0.25) is 0 Å². The molecule has 6 heteroatoms. The third kappa shape index (κ3) is 6.95. The summed E-state index contributed by atoms with van der Waals surface area (Å²) in [6, 6.07) is 8.54. The molecule has 1 atom stereocenters. The van der Waals surface area contributed by atoms with Gasteiger partial charge in [-0.2, -0.15) is 0 Å². The van der Waals surface area contributed by atoms with Crippen LogP contribution in [0.5, 0.6) is 0 Å². The van der Waals surface area contributed by atoms with Crippen molar-refractivity contribution in [2.45, 2.75) is 40.3 Å². The molecule has 1 aromatic carbocycles. The quantitative estimate of drug-likeness (QED) is 0.776. The lowest BCUT2D eigenvalue weighted by Crippen LogP contribution is -2.49. The summed E-state index contributed by atoms with van der Waals surface area (Å²) in [5, 5.41) is 5.05. The van der Waals surface area contributed by atoms with Gasteiger partial charge in [0.25, 0.3) is 0 Å². The number of amides is 2. The molecule has 0 unspecified atom stereocenters. The summed E-state index contributed by atoms with van der Waals surface area (Å²) < 4.78 is 5.05. The fourth-order valence-corrected chi connectivity index (χ4v) is 1.58. The largest absolute Gasteiger partial charge is 0.460 e. The van der Waals surface area contributed by atoms with Gasteiger partial charge in [-0.25, -0.2) is 0 Å². The smallest absolute Gasteiger partial charge is 0.325 e. The Kier molecular flexibility index (Phi) is 6.75. The molecule has 126 valence electrons. The molecular weight excluding hydrogens is 296 g/mol. The molecule has 0 aromatic heterocycles. The lowest BCUT2D eigenvalue weighted by molar-refractivity contribution is -0.145. The molecule has 0 radical (unpaired) electrons. The van der Waals surface area contributed by atoms with E-state index in [4.69, 9.17) is 4.74 Å². The minimum atomic E-state index is -0.719. The van der Waals surface area contributed by atoms with Crippen LogP contribution in [-0.4, -0.2) is 30.4 Å². The Morgan fingerprint density at radius 2 is 1.74 bits per heavy atom. The van der Waals surface area contributed by atoms with Crippen molar-refractivity contribution in [2.75, 3.05) is 6.54 Å². The molecule has 0 aliphatic rings. The highest BCUT2D eigenvalue weighted by atomic mass is 16.5. The van der Waals surface area contributed by atoms with Crippen LogP contribution in [0.1, 0.15) is 33.3 Å². The standard InChI is InChI=1S/C17H24N2O4/c1-12(19-16(22)17(2,3)4)15(21)18-10-14(20)23-11-13-8-6-5-7-9-13/h5-9,12H,10-11H2,1-4H3,(H,18,21)(H,19,22)/t12-/m0/s1. The lowest BCUT2D eigenvalue weighted by atomic mass is 9.95. The average Bonchev–Trinajstić information content (AvgIpc) is 2.50. The van der Waals surface area contributed by atoms with Gasteiger partial charge in [0.2, 0.25) is 11.8 Å². The second-order valence-electron chi connectivity index (χ2n) is 6.31. The molecular formula is C17H24N2O4. The molecule has 2 N–H and O–H groups in total. The van der Waals surface area contributed by atoms with Crippen LogP contribution >= 0.6 is 0 Å². The molecule has 1 aromatic rings. The van der Waals surface area contributed by atoms with Crippen LogP contribution in [0.15, 0.2) is 30.3 Å². The maximum Gasteiger partial charge on any atom is 0.325 e. The number of esters is 1. The Hall–Kier alpha value is -2.37. The van der Waals surface area contributed by atoms with Crippen molar-refractivity contribution in [2.24, 2.45) is 5.41 Å². The minimum Gasteiger partial charge on any atom is -0.460 e. The monoisotopic (exact) mass is 320 g/mol. The highest BCUT2D eigenvalue weighted by Crippen LogP contribution is 2.12. The number of rotatable bonds is 6. The van der Waals surface area contributed by atoms with E-state index in [2.05, 4.69) is 10.6 Å². The minimum absolute atomic E-state index is 0.159. The summed E-state index contributed by atoms with van der Waals surface area (Å²) in [5.74, 6) is -1.19. The molecule has 0 aliphatic carbocycles. The molecule has 0 saturated carbocycles. The molecule has 1 rings (SSSR count). The number of hydrogen-bond acceptors (Lipinski definition) is 4. The molecule has 0 fully saturated rings. The molecule has 2 amide bonds. The summed E-state index contributed by atoms with van der Waals surface area (Å²) in [7, 11) is 0. The topological polar surface area (TPSA) is 84.5 Å². The van der Waals surface area contributed by atoms with E-state index in [1.807, 2.05) is 30.3 Å². The van der Waals surface area contributed by atoms with Crippen molar-refractivity contribution in [1.29, 1.82) is 0 Å². The normalized spacial score (nSPS) is 12.2. The van der Waals surface area contributed by atoms with Gasteiger partial charge in [-0.15, -0.1) is 0 Å². The van der Waals surface area contributed by atoms with Crippen LogP contribution in [0, 0.1) is 5.41 Å². The van der Waals surface area contributed by atoms with E-state index in [0.717, 1.165) is 5.56 Å². The average molecular weight is 320 g/mol. The highest BCUT2D eigenvalue weighted by Gasteiger charge is 2.25. The number of ether oxygens (including phenoxy) is 1. The van der Waals surface area contributed by atoms with Crippen molar-refractivity contribution < 1.29 is 19.1 Å². The zero-order valence-electron chi connectivity index (χ0n) is 14.0. The number of hydrogen-bond donors (Lipinski definition) is 2. The molecule has 0 heterocycles. The number of benzene rings is 1. The molecule has 0 spiro atoms. The highest BCUT2D eigenvalue weighted by molar-refractivity contribution is 5.90. The van der Waals surface area contributed by atoms with Crippen LogP contribution in [0.3, 0.4) is 0 Å². The van der Waals surface area contributed by atoms with Gasteiger partial charge in [-0.3, -0.25) is 14.4 Å². The number of carbonyl (C=O) groups is 3. The Bertz CT molecular complexity index is 549. The van der Waals surface area contributed by atoms with Gasteiger partial charge in [0.1, 0.15) is 19.2 Å². The third-order valence-electron chi connectivity index (χ3n) is 3.07. The van der Waals surface area contributed by atoms with E-state index in [1.165, 1.54) is 0 Å². The first-order valence-corrected chi connectivity index (χ1v) is 7.48. The SMILES string of the molecule is C[C@H](NC(=O)C(C)(C)C)C(=O)NCC(=O)OCc1ccccc1. The first kappa shape index (κ1) is 18.7. The molecule has 0 bridgehead atoms. The van der Waals surface area contributed by atoms with E-state index in [0.29, 0.717) is 0 Å². The fraction of sp³-hybridized carbons (Fsp3) is 0.471. The van der Waals surface area contributed by atoms with Crippen LogP contribution in [0.4, 0.5) is 0 Å². The lowest BCUT2D eigenvalue weighted by Gasteiger charge is -2.21. The van der Waals surface area contributed by atoms with Crippen molar-refractivity contribution in [1.82, 2.24) is 10.6 Å². The van der Waals surface area contributed by atoms with E-state index in [-0.39, 0.29) is 19.1 Å². The molecule has 0 aliphatic heterocycles. The van der Waals surface area contributed by atoms with Crippen molar-refractivity contribution >= 4 is 17.8 Å². The number of carbonyl (C=O) groups excluding carboxylic acids is 3. The second-order valence-corrected chi connectivity index (χ2v) is 6.31. The summed E-state index contributed by atoms with van der Waals surface area (Å²) >= 11 is 0. The number of nitrogens with one attached hydrogen (secondary N) is 2. The van der Waals surface area contributed by atoms with Gasteiger partial charge >= 0.3 is 5.97 Å². The van der Waals surface area contributed by atoms with Gasteiger partial charge < -0.3 is 15.4 Å². The Morgan fingerprint density at radius 1 is 1.13 bits per heavy atom. The zero-order chi connectivity index (χ0) is 17.5. The van der Waals surface area contributed by atoms with Crippen molar-refractivity contribution in [3.05, 3.63) is 35.9 Å². The zero-order valence-corrected chi connectivity index (χ0v) is 14.0. The first-order chi connectivity index (χ1) is 10.7. The van der Waals surface area contributed by atoms with Gasteiger partial charge in [0.15, 0.2) is 0 Å². The van der Waals surface area contributed by atoms with Gasteiger partial charge in [-0.1, -0.05) is 51.1 Å². The maximum absolute atomic E-state index is 11.9. The second kappa shape index (κ2) is 8.31. The third-order valence-corrected chi connectivity index (χ3v) is 3.07. The van der Waals surface area contributed by atoms with Crippen LogP contribution in [0.25, 0.3) is 0 Å². The summed E-state index contributed by atoms with van der Waals surface area (Å²) in [5.41, 5.74) is 0.293. The van der Waals surface area contributed by atoms with Crippen LogP contribution < -0.4 is 10.6 Å². The van der Waals surface area contributed by atoms with Gasteiger partial charge in [0, 0.05) is 5.41 Å². The Morgan fingerprint density at radius 3 is 2.30 bits per heavy atom. The van der Waals surface area contributed by atoms with Crippen molar-refractivity contribution in [3.63, 3.8) is 0 Å². The summed E-state index contributed by atoms with van der Waals surface area (Å²) in [6.07, 6.45) is 0. The Labute approximate surface area is 136 Å². The molecule has 23 heavy (non-hydrogen) atoms. The summed E-state index contributed by atoms with van der Waals surface area (Å²) in [6.45, 7) is 6.76. The van der Waals surface area contributed by atoms with Crippen molar-refractivity contribution in [3.8, 4) is 0 Å². The van der Waals surface area contributed by atoms with Gasteiger partial charge in [-0.05, 0) is 12.5 Å². The van der Waals surface area contributed by atoms with Gasteiger partial charge in [0.05, 0.1) is 0 Å². The van der Waals surface area contributed by atoms with E-state index < -0.39 is 23.3 Å². The van der Waals surface area contributed by atoms with E-state index in [9.17, 15) is 14.4 Å². The first-order valence-electron chi connectivity index (χ1n) is 7.48. The molecule has 0 saturated heterocycles. The van der Waals surface area contributed by atoms with Crippen LogP contribution in [-0.2, 0) is 25.7 Å². The summed E-state index contributed by atoms with van der Waals surface area (Å²) in [4.78, 5) is 35.2. The van der Waals surface area contributed by atoms with E-state index >= 15 is 0 Å². The molecule has 6 nitrogen and oxygen atoms in total.